The lowest BCUT2D eigenvalue weighted by molar-refractivity contribution is -0.139. The zero-order valence-corrected chi connectivity index (χ0v) is 20.3. The summed E-state index contributed by atoms with van der Waals surface area (Å²) in [4.78, 5) is 31.7. The molecule has 0 radical (unpaired) electrons. The molecule has 2 unspecified atom stereocenters. The number of carbonyl (C=O) groups is 2. The average Bonchev–Trinajstić information content (AvgIpc) is 3.15. The number of para-hydroxylation sites is 2. The first-order valence-electron chi connectivity index (χ1n) is 12.2. The minimum absolute atomic E-state index is 0.0161. The summed E-state index contributed by atoms with van der Waals surface area (Å²) in [6.45, 7) is 7.58. The zero-order valence-electron chi connectivity index (χ0n) is 20.3. The van der Waals surface area contributed by atoms with Gasteiger partial charge in [0.25, 0.3) is 11.8 Å². The van der Waals surface area contributed by atoms with Crippen LogP contribution in [0.25, 0.3) is 11.0 Å². The van der Waals surface area contributed by atoms with E-state index < -0.39 is 0 Å². The predicted octanol–water partition coefficient (Wildman–Crippen LogP) is 4.33. The summed E-state index contributed by atoms with van der Waals surface area (Å²) in [6, 6.07) is 15.5. The minimum atomic E-state index is -0.120. The number of rotatable bonds is 8. The number of piperidine rings is 1. The Kier molecular flexibility index (Phi) is 7.50. The van der Waals surface area contributed by atoms with E-state index in [0.29, 0.717) is 17.9 Å². The monoisotopic (exact) mass is 462 g/mol. The second kappa shape index (κ2) is 10.7. The van der Waals surface area contributed by atoms with Crippen molar-refractivity contribution in [3.63, 3.8) is 0 Å². The van der Waals surface area contributed by atoms with Gasteiger partial charge in [0.2, 0.25) is 0 Å². The Morgan fingerprint density at radius 3 is 2.50 bits per heavy atom. The first-order valence-corrected chi connectivity index (χ1v) is 12.2. The maximum Gasteiger partial charge on any atom is 0.260 e. The van der Waals surface area contributed by atoms with Crippen molar-refractivity contribution in [3.05, 3.63) is 59.9 Å². The normalized spacial score (nSPS) is 18.1. The van der Waals surface area contributed by atoms with E-state index in [0.717, 1.165) is 49.1 Å². The number of hydrogen-bond acceptors (Lipinski definition) is 4. The van der Waals surface area contributed by atoms with E-state index in [1.807, 2.05) is 30.0 Å². The number of nitrogens with zero attached hydrogens (tertiary/aromatic N) is 3. The van der Waals surface area contributed by atoms with Gasteiger partial charge in [-0.1, -0.05) is 12.1 Å². The third kappa shape index (κ3) is 5.41. The van der Waals surface area contributed by atoms with Gasteiger partial charge in [-0.15, -0.1) is 0 Å². The second-order valence-electron chi connectivity index (χ2n) is 9.15. The van der Waals surface area contributed by atoms with Crippen LogP contribution in [-0.4, -0.2) is 51.5 Å². The van der Waals surface area contributed by atoms with Gasteiger partial charge >= 0.3 is 0 Å². The molecule has 3 aromatic rings. The first kappa shape index (κ1) is 23.8. The highest BCUT2D eigenvalue weighted by atomic mass is 16.5. The number of aryl methyl sites for hydroxylation is 2. The van der Waals surface area contributed by atoms with Crippen LogP contribution in [0.3, 0.4) is 0 Å². The number of hydrogen-bond donors (Lipinski definition) is 1. The number of amides is 2. The van der Waals surface area contributed by atoms with Gasteiger partial charge in [0.05, 0.1) is 11.0 Å². The number of carbonyl (C=O) groups excluding carboxylic acids is 2. The molecule has 0 saturated carbocycles. The fraction of sp³-hybridized carbons (Fsp3) is 0.444. The molecule has 1 aliphatic heterocycles. The van der Waals surface area contributed by atoms with Crippen LogP contribution in [0.4, 0.5) is 0 Å². The Morgan fingerprint density at radius 2 is 1.76 bits per heavy atom. The van der Waals surface area contributed by atoms with Gasteiger partial charge in [0.15, 0.2) is 6.61 Å². The van der Waals surface area contributed by atoms with Crippen LogP contribution in [0.5, 0.6) is 5.75 Å². The number of nitrogens with one attached hydrogen (secondary N) is 1. The third-order valence-electron chi connectivity index (χ3n) is 6.65. The lowest BCUT2D eigenvalue weighted by Gasteiger charge is -2.38. The van der Waals surface area contributed by atoms with Gasteiger partial charge in [-0.25, -0.2) is 4.98 Å². The molecule has 34 heavy (non-hydrogen) atoms. The molecule has 0 spiro atoms. The molecule has 180 valence electrons. The van der Waals surface area contributed by atoms with Crippen LogP contribution >= 0.6 is 0 Å². The number of benzene rings is 2. The number of fused-ring (bicyclic) bond motifs is 1. The van der Waals surface area contributed by atoms with Crippen molar-refractivity contribution >= 4 is 22.8 Å². The van der Waals surface area contributed by atoms with Gasteiger partial charge < -0.3 is 19.5 Å². The summed E-state index contributed by atoms with van der Waals surface area (Å²) < 4.78 is 7.89. The zero-order chi connectivity index (χ0) is 24.1. The van der Waals surface area contributed by atoms with Crippen molar-refractivity contribution in [1.29, 1.82) is 0 Å². The minimum Gasteiger partial charge on any atom is -0.484 e. The number of likely N-dealkylation sites (tertiary alicyclic amines) is 1. The number of ether oxygens (including phenoxy) is 1. The molecule has 2 aromatic carbocycles. The van der Waals surface area contributed by atoms with Crippen molar-refractivity contribution in [2.75, 3.05) is 13.2 Å². The van der Waals surface area contributed by atoms with E-state index in [-0.39, 0.29) is 30.5 Å². The van der Waals surface area contributed by atoms with Gasteiger partial charge in [0, 0.05) is 30.7 Å². The van der Waals surface area contributed by atoms with E-state index in [9.17, 15) is 9.59 Å². The lowest BCUT2D eigenvalue weighted by atomic mass is 9.97. The molecule has 2 heterocycles. The standard InChI is InChI=1S/C27H34N4O3/c1-19-8-6-9-20(2)31(19)26(32)18-34-23-14-12-22(13-15-23)27(33)28-16-7-17-30-21(3)29-24-10-4-5-11-25(24)30/h4-5,10-15,19-20H,6-9,16-18H2,1-3H3,(H,28,33). The van der Waals surface area contributed by atoms with Crippen molar-refractivity contribution in [2.45, 2.75) is 65.1 Å². The second-order valence-corrected chi connectivity index (χ2v) is 9.15. The van der Waals surface area contributed by atoms with E-state index in [1.165, 1.54) is 0 Å². The van der Waals surface area contributed by atoms with Crippen molar-refractivity contribution in [1.82, 2.24) is 19.8 Å². The van der Waals surface area contributed by atoms with Gasteiger partial charge in [-0.05, 0) is 82.9 Å². The van der Waals surface area contributed by atoms with Gasteiger partial charge in [0.1, 0.15) is 11.6 Å². The smallest absolute Gasteiger partial charge is 0.260 e. The Morgan fingerprint density at radius 1 is 1.06 bits per heavy atom. The maximum absolute atomic E-state index is 12.6. The lowest BCUT2D eigenvalue weighted by Crippen LogP contribution is -2.49. The SMILES string of the molecule is Cc1nc2ccccc2n1CCCNC(=O)c1ccc(OCC(=O)N2C(C)CCCC2C)cc1. The molecular weight excluding hydrogens is 428 g/mol. The Bertz CT molecular complexity index is 1130. The van der Waals surface area contributed by atoms with Gasteiger partial charge in [-0.2, -0.15) is 0 Å². The fourth-order valence-corrected chi connectivity index (χ4v) is 4.85. The van der Waals surface area contributed by atoms with Crippen LogP contribution in [0.2, 0.25) is 0 Å². The largest absolute Gasteiger partial charge is 0.484 e. The van der Waals surface area contributed by atoms with Crippen LogP contribution in [0, 0.1) is 6.92 Å². The molecule has 0 bridgehead atoms. The van der Waals surface area contributed by atoms with E-state index in [1.54, 1.807) is 24.3 Å². The van der Waals surface area contributed by atoms with Crippen molar-refractivity contribution in [2.24, 2.45) is 0 Å². The molecule has 2 atom stereocenters. The van der Waals surface area contributed by atoms with Crippen molar-refractivity contribution < 1.29 is 14.3 Å². The molecule has 7 nitrogen and oxygen atoms in total. The summed E-state index contributed by atoms with van der Waals surface area (Å²) in [5, 5.41) is 2.98. The maximum atomic E-state index is 12.6. The third-order valence-corrected chi connectivity index (χ3v) is 6.65. The highest BCUT2D eigenvalue weighted by Gasteiger charge is 2.29. The van der Waals surface area contributed by atoms with Crippen LogP contribution in [0.1, 0.15) is 55.7 Å². The van der Waals surface area contributed by atoms with E-state index >= 15 is 0 Å². The summed E-state index contributed by atoms with van der Waals surface area (Å²) >= 11 is 0. The predicted molar refractivity (Wildman–Crippen MR) is 133 cm³/mol. The highest BCUT2D eigenvalue weighted by molar-refractivity contribution is 5.94. The molecule has 1 N–H and O–H groups in total. The quantitative estimate of drug-likeness (QED) is 0.506. The van der Waals surface area contributed by atoms with Crippen LogP contribution < -0.4 is 10.1 Å². The highest BCUT2D eigenvalue weighted by Crippen LogP contribution is 2.23. The topological polar surface area (TPSA) is 76.5 Å². The fourth-order valence-electron chi connectivity index (χ4n) is 4.85. The Labute approximate surface area is 201 Å². The molecule has 4 rings (SSSR count). The molecule has 0 aliphatic carbocycles. The molecule has 7 heteroatoms. The number of imidazole rings is 1. The van der Waals surface area contributed by atoms with E-state index in [4.69, 9.17) is 4.74 Å². The average molecular weight is 463 g/mol. The molecule has 1 aliphatic rings. The Hall–Kier alpha value is -3.35. The summed E-state index contributed by atoms with van der Waals surface area (Å²) in [5.74, 6) is 1.46. The van der Waals surface area contributed by atoms with Gasteiger partial charge in [-0.3, -0.25) is 9.59 Å². The Balaban J connectivity index is 1.23. The van der Waals surface area contributed by atoms with E-state index in [2.05, 4.69) is 34.8 Å². The summed E-state index contributed by atoms with van der Waals surface area (Å²) in [6.07, 6.45) is 4.05. The molecule has 1 fully saturated rings. The molecule has 1 aromatic heterocycles. The molecule has 2 amide bonds. The molecular formula is C27H34N4O3. The van der Waals surface area contributed by atoms with Crippen molar-refractivity contribution in [3.8, 4) is 5.75 Å². The van der Waals surface area contributed by atoms with Crippen LogP contribution in [-0.2, 0) is 11.3 Å². The molecule has 1 saturated heterocycles. The summed E-state index contributed by atoms with van der Waals surface area (Å²) in [5.41, 5.74) is 2.68. The van der Waals surface area contributed by atoms with Crippen LogP contribution in [0.15, 0.2) is 48.5 Å². The summed E-state index contributed by atoms with van der Waals surface area (Å²) in [7, 11) is 0. The first-order chi connectivity index (χ1) is 16.4. The number of aromatic nitrogens is 2.